The van der Waals surface area contributed by atoms with Crippen molar-refractivity contribution in [1.29, 1.82) is 0 Å². The van der Waals surface area contributed by atoms with E-state index in [2.05, 4.69) is 34.5 Å². The second-order valence-electron chi connectivity index (χ2n) is 9.50. The zero-order valence-electron chi connectivity index (χ0n) is 18.2. The number of rotatable bonds is 3. The van der Waals surface area contributed by atoms with Crippen molar-refractivity contribution in [2.75, 3.05) is 19.7 Å². The van der Waals surface area contributed by atoms with E-state index in [9.17, 15) is 9.90 Å². The number of nitrogens with two attached hydrogens (primary N) is 3. The molecule has 1 amide bonds. The minimum atomic E-state index is -1.10. The zero-order valence-corrected chi connectivity index (χ0v) is 18.2. The van der Waals surface area contributed by atoms with Gasteiger partial charge in [-0.25, -0.2) is 9.98 Å². The van der Waals surface area contributed by atoms with Gasteiger partial charge in [-0.1, -0.05) is 26.0 Å². The maximum absolute atomic E-state index is 13.3. The van der Waals surface area contributed by atoms with Gasteiger partial charge in [0.15, 0.2) is 17.6 Å². The predicted molar refractivity (Wildman–Crippen MR) is 119 cm³/mol. The minimum Gasteiger partial charge on any atom is -0.492 e. The number of para-hydroxylation sites is 1. The van der Waals surface area contributed by atoms with Gasteiger partial charge >= 0.3 is 0 Å². The van der Waals surface area contributed by atoms with Crippen LogP contribution in [-0.2, 0) is 5.41 Å². The summed E-state index contributed by atoms with van der Waals surface area (Å²) in [5, 5.41) is 17.4. The van der Waals surface area contributed by atoms with Crippen LogP contribution in [0.2, 0.25) is 0 Å². The van der Waals surface area contributed by atoms with Crippen molar-refractivity contribution in [3.8, 4) is 5.75 Å². The predicted octanol–water partition coefficient (Wildman–Crippen LogP) is -1.84. The molecule has 2 unspecified atom stereocenters. The van der Waals surface area contributed by atoms with Crippen LogP contribution in [0.3, 0.4) is 0 Å². The second-order valence-corrected chi connectivity index (χ2v) is 9.50. The van der Waals surface area contributed by atoms with E-state index in [1.807, 2.05) is 12.1 Å². The lowest BCUT2D eigenvalue weighted by atomic mass is 9.79. The molecule has 0 aromatic heterocycles. The molecular formula is C21H30N8O3. The number of aliphatic hydroxyl groups is 1. The molecule has 0 saturated carbocycles. The van der Waals surface area contributed by atoms with Crippen LogP contribution in [0.5, 0.6) is 5.75 Å². The Labute approximate surface area is 186 Å². The maximum atomic E-state index is 13.3. The Morgan fingerprint density at radius 3 is 2.91 bits per heavy atom. The first-order valence-electron chi connectivity index (χ1n) is 10.9. The Morgan fingerprint density at radius 1 is 1.38 bits per heavy atom. The van der Waals surface area contributed by atoms with E-state index in [4.69, 9.17) is 21.9 Å². The van der Waals surface area contributed by atoms with Gasteiger partial charge in [0, 0.05) is 18.7 Å². The summed E-state index contributed by atoms with van der Waals surface area (Å²) < 4.78 is 5.89. The number of hydrogen-bond donors (Lipinski definition) is 6. The van der Waals surface area contributed by atoms with Crippen LogP contribution in [0.25, 0.3) is 0 Å². The molecular weight excluding hydrogens is 412 g/mol. The fraction of sp³-hybridized carbons (Fsp3) is 0.571. The maximum Gasteiger partial charge on any atom is 0.255 e. The number of aliphatic hydroxyl groups excluding tert-OH is 1. The highest BCUT2D eigenvalue weighted by molar-refractivity contribution is 5.98. The number of carbonyl (C=O) groups excluding carboxylic acids is 1. The smallest absolute Gasteiger partial charge is 0.255 e. The van der Waals surface area contributed by atoms with E-state index in [-0.39, 0.29) is 36.3 Å². The van der Waals surface area contributed by atoms with Crippen molar-refractivity contribution in [3.63, 3.8) is 0 Å². The summed E-state index contributed by atoms with van der Waals surface area (Å²) in [6.07, 6.45) is -0.180. The molecule has 0 bridgehead atoms. The van der Waals surface area contributed by atoms with Crippen LogP contribution in [0, 0.1) is 0 Å². The van der Waals surface area contributed by atoms with E-state index in [0.29, 0.717) is 17.9 Å². The summed E-state index contributed by atoms with van der Waals surface area (Å²) in [7, 11) is 0. The van der Waals surface area contributed by atoms with Crippen LogP contribution in [0.1, 0.15) is 36.2 Å². The zero-order chi connectivity index (χ0) is 22.8. The Bertz CT molecular complexity index is 1020. The molecule has 1 fully saturated rings. The first-order valence-corrected chi connectivity index (χ1v) is 10.9. The standard InChI is InChI=1S/C21H30N8O3/c1-20(2)6-7-32-14-10(4-3-5-11(14)20)17(31)25-13-9-29-19(24)26-12(8-22)15-21(29,16(13)30)28-18(23)27-15/h3-5,12-13,15-16,30H,6-9,22H2,1-2H3,(H2,24,26)(H,25,31)(H3,23,27,28)/t12-,13+,15?,16+,21?/m0/s1. The first-order chi connectivity index (χ1) is 15.2. The fourth-order valence-corrected chi connectivity index (χ4v) is 5.42. The highest BCUT2D eigenvalue weighted by atomic mass is 16.5. The summed E-state index contributed by atoms with van der Waals surface area (Å²) in [5.41, 5.74) is 18.3. The monoisotopic (exact) mass is 442 g/mol. The van der Waals surface area contributed by atoms with Crippen molar-refractivity contribution in [3.05, 3.63) is 29.3 Å². The topological polar surface area (TPSA) is 177 Å². The number of ether oxygens (including phenoxy) is 1. The summed E-state index contributed by atoms with van der Waals surface area (Å²) in [5.74, 6) is 0.682. The number of guanidine groups is 2. The molecule has 1 aromatic rings. The lowest BCUT2D eigenvalue weighted by molar-refractivity contribution is 0.0150. The Morgan fingerprint density at radius 2 is 2.16 bits per heavy atom. The summed E-state index contributed by atoms with van der Waals surface area (Å²) >= 11 is 0. The number of nitrogens with zero attached hydrogens (tertiary/aromatic N) is 3. The first kappa shape index (κ1) is 20.8. The summed E-state index contributed by atoms with van der Waals surface area (Å²) in [4.78, 5) is 23.9. The van der Waals surface area contributed by atoms with Crippen molar-refractivity contribution in [2.45, 2.75) is 55.6 Å². The molecule has 1 spiro atoms. The van der Waals surface area contributed by atoms with Gasteiger partial charge in [0.25, 0.3) is 5.91 Å². The molecule has 0 aliphatic carbocycles. The Hall–Kier alpha value is -3.05. The third-order valence-electron chi connectivity index (χ3n) is 7.17. The number of fused-ring (bicyclic) bond motifs is 1. The molecule has 11 nitrogen and oxygen atoms in total. The van der Waals surface area contributed by atoms with Gasteiger partial charge in [-0.2, -0.15) is 0 Å². The second kappa shape index (κ2) is 6.97. The lowest BCUT2D eigenvalue weighted by Crippen LogP contribution is -2.73. The van der Waals surface area contributed by atoms with Crippen molar-refractivity contribution < 1.29 is 14.6 Å². The fourth-order valence-electron chi connectivity index (χ4n) is 5.42. The van der Waals surface area contributed by atoms with Gasteiger partial charge in [-0.15, -0.1) is 0 Å². The molecule has 5 rings (SSSR count). The lowest BCUT2D eigenvalue weighted by Gasteiger charge is -2.46. The number of amides is 1. The van der Waals surface area contributed by atoms with Gasteiger partial charge in [0.2, 0.25) is 0 Å². The molecule has 32 heavy (non-hydrogen) atoms. The van der Waals surface area contributed by atoms with E-state index < -0.39 is 29.9 Å². The molecule has 1 saturated heterocycles. The van der Waals surface area contributed by atoms with Gasteiger partial charge in [0.1, 0.15) is 17.9 Å². The van der Waals surface area contributed by atoms with E-state index in [1.54, 1.807) is 11.0 Å². The average molecular weight is 443 g/mol. The molecule has 4 heterocycles. The number of benzene rings is 1. The molecule has 1 aromatic carbocycles. The van der Waals surface area contributed by atoms with E-state index in [0.717, 1.165) is 12.0 Å². The number of aliphatic imine (C=N–C) groups is 2. The minimum absolute atomic E-state index is 0.0889. The largest absolute Gasteiger partial charge is 0.492 e. The van der Waals surface area contributed by atoms with Crippen LogP contribution in [0.4, 0.5) is 0 Å². The normalized spacial score (nSPS) is 34.3. The quantitative estimate of drug-likeness (QED) is 0.316. The average Bonchev–Trinajstić information content (AvgIpc) is 3.24. The van der Waals surface area contributed by atoms with E-state index >= 15 is 0 Å². The van der Waals surface area contributed by atoms with Gasteiger partial charge in [0.05, 0.1) is 24.3 Å². The molecule has 11 heteroatoms. The molecule has 172 valence electrons. The van der Waals surface area contributed by atoms with Crippen molar-refractivity contribution >= 4 is 17.8 Å². The molecule has 5 atom stereocenters. The highest BCUT2D eigenvalue weighted by Crippen LogP contribution is 2.42. The van der Waals surface area contributed by atoms with Crippen molar-refractivity contribution in [2.24, 2.45) is 27.2 Å². The summed E-state index contributed by atoms with van der Waals surface area (Å²) in [6.45, 7) is 5.27. The molecule has 0 radical (unpaired) electrons. The Balaban J connectivity index is 1.44. The summed E-state index contributed by atoms with van der Waals surface area (Å²) in [6, 6.07) is 3.99. The highest BCUT2D eigenvalue weighted by Gasteiger charge is 2.65. The molecule has 9 N–H and O–H groups in total. The van der Waals surface area contributed by atoms with E-state index in [1.165, 1.54) is 0 Å². The van der Waals surface area contributed by atoms with Gasteiger partial charge < -0.3 is 42.6 Å². The molecule has 4 aliphatic heterocycles. The van der Waals surface area contributed by atoms with Gasteiger partial charge in [-0.05, 0) is 17.9 Å². The van der Waals surface area contributed by atoms with Crippen LogP contribution in [0.15, 0.2) is 28.2 Å². The van der Waals surface area contributed by atoms with Crippen LogP contribution in [-0.4, -0.2) is 77.4 Å². The SMILES string of the molecule is CC1(C)CCOc2c(C(=O)N[C@@H]3CN4C(N)=N[C@@H](CN)C5N=C(N)NC54[C@@H]3O)cccc21. The third kappa shape index (κ3) is 2.77. The van der Waals surface area contributed by atoms with Crippen molar-refractivity contribution in [1.82, 2.24) is 15.5 Å². The van der Waals surface area contributed by atoms with Crippen LogP contribution >= 0.6 is 0 Å². The molecule has 4 aliphatic rings. The number of nitrogens with one attached hydrogen (secondary N) is 2. The number of carbonyl (C=O) groups is 1. The number of hydrogen-bond acceptors (Lipinski definition) is 10. The Kier molecular flexibility index (Phi) is 4.54. The third-order valence-corrected chi connectivity index (χ3v) is 7.17. The van der Waals surface area contributed by atoms with Gasteiger partial charge in [-0.3, -0.25) is 4.79 Å². The van der Waals surface area contributed by atoms with Crippen LogP contribution < -0.4 is 32.6 Å².